The van der Waals surface area contributed by atoms with Crippen molar-refractivity contribution in [1.29, 1.82) is 0 Å². The van der Waals surface area contributed by atoms with Gasteiger partial charge in [0.05, 0.1) is 22.2 Å². The molecule has 2 aliphatic rings. The molecule has 7 nitrogen and oxygen atoms in total. The Kier molecular flexibility index (Phi) is 4.54. The highest BCUT2D eigenvalue weighted by molar-refractivity contribution is 5.91. The number of pyridine rings is 2. The molecule has 7 heteroatoms. The van der Waals surface area contributed by atoms with Gasteiger partial charge in [-0.25, -0.2) is 9.97 Å². The normalized spacial score (nSPS) is 19.2. The second-order valence-electron chi connectivity index (χ2n) is 9.27. The molecule has 1 aliphatic heterocycles. The monoisotopic (exact) mass is 428 g/mol. The van der Waals surface area contributed by atoms with E-state index in [2.05, 4.69) is 21.4 Å². The van der Waals surface area contributed by atoms with Gasteiger partial charge in [0.2, 0.25) is 0 Å². The predicted molar refractivity (Wildman–Crippen MR) is 127 cm³/mol. The van der Waals surface area contributed by atoms with Gasteiger partial charge < -0.3 is 15.3 Å². The Morgan fingerprint density at radius 1 is 1.03 bits per heavy atom. The number of aryl methyl sites for hydroxylation is 2. The minimum absolute atomic E-state index is 0.231. The van der Waals surface area contributed by atoms with Crippen LogP contribution >= 0.6 is 0 Å². The summed E-state index contributed by atoms with van der Waals surface area (Å²) in [6.07, 6.45) is 7.14. The molecule has 0 unspecified atom stereocenters. The van der Waals surface area contributed by atoms with E-state index in [1.165, 1.54) is 25.7 Å². The van der Waals surface area contributed by atoms with Gasteiger partial charge in [0.25, 0.3) is 0 Å². The van der Waals surface area contributed by atoms with Crippen molar-refractivity contribution in [2.75, 3.05) is 18.0 Å². The lowest BCUT2D eigenvalue weighted by molar-refractivity contribution is 0.311. The Balaban J connectivity index is 1.29. The van der Waals surface area contributed by atoms with Crippen molar-refractivity contribution in [2.45, 2.75) is 44.7 Å². The number of hydrogen-bond acceptors (Lipinski definition) is 6. The van der Waals surface area contributed by atoms with E-state index < -0.39 is 0 Å². The highest BCUT2D eigenvalue weighted by Gasteiger charge is 2.27. The van der Waals surface area contributed by atoms with E-state index in [0.29, 0.717) is 6.04 Å². The number of phenols is 1. The number of phenolic OH excluding ortho intramolecular Hbond substituents is 1. The fourth-order valence-corrected chi connectivity index (χ4v) is 4.97. The molecule has 1 aliphatic carbocycles. The minimum Gasteiger partial charge on any atom is -0.507 e. The summed E-state index contributed by atoms with van der Waals surface area (Å²) in [5.41, 5.74) is 4.75. The lowest BCUT2D eigenvalue weighted by atomic mass is 9.92. The van der Waals surface area contributed by atoms with E-state index in [9.17, 15) is 5.11 Å². The molecule has 6 rings (SSSR count). The molecule has 4 aromatic rings. The molecule has 1 saturated heterocycles. The molecule has 1 saturated carbocycles. The van der Waals surface area contributed by atoms with Crippen LogP contribution in [0.1, 0.15) is 31.2 Å². The number of hydrogen-bond donors (Lipinski definition) is 2. The summed E-state index contributed by atoms with van der Waals surface area (Å²) >= 11 is 0. The molecule has 164 valence electrons. The standard InChI is InChI=1S/C25H28N6O/c1-15-24-16(13-30(2)29-24)12-19(25(15)32)20-6-7-22-21(27-20)8-9-23(28-22)31-11-10-18(14-31)26-17-4-3-5-17/h6-9,12-13,17-18,26,32H,3-5,10-11,14H2,1-2H3/t18-/m1/s1. The van der Waals surface area contributed by atoms with Crippen LogP contribution in [-0.4, -0.2) is 50.0 Å². The van der Waals surface area contributed by atoms with Crippen molar-refractivity contribution in [1.82, 2.24) is 25.1 Å². The second-order valence-corrected chi connectivity index (χ2v) is 9.27. The maximum atomic E-state index is 10.8. The average Bonchev–Trinajstić information content (AvgIpc) is 3.39. The predicted octanol–water partition coefficient (Wildman–Crippen LogP) is 3.92. The molecule has 4 heterocycles. The first-order valence-corrected chi connectivity index (χ1v) is 11.5. The van der Waals surface area contributed by atoms with Gasteiger partial charge in [-0.3, -0.25) is 4.68 Å². The van der Waals surface area contributed by atoms with Gasteiger partial charge in [-0.2, -0.15) is 5.10 Å². The maximum absolute atomic E-state index is 10.8. The number of rotatable bonds is 4. The molecule has 0 spiro atoms. The maximum Gasteiger partial charge on any atom is 0.130 e. The average molecular weight is 429 g/mol. The van der Waals surface area contributed by atoms with Crippen LogP contribution in [0.15, 0.2) is 36.5 Å². The molecule has 0 amide bonds. The van der Waals surface area contributed by atoms with Crippen LogP contribution in [0.2, 0.25) is 0 Å². The third-order valence-corrected chi connectivity index (χ3v) is 7.01. The topological polar surface area (TPSA) is 79.1 Å². The first-order valence-electron chi connectivity index (χ1n) is 11.5. The van der Waals surface area contributed by atoms with E-state index in [-0.39, 0.29) is 5.75 Å². The third kappa shape index (κ3) is 3.28. The van der Waals surface area contributed by atoms with Crippen molar-refractivity contribution >= 4 is 27.8 Å². The fourth-order valence-electron chi connectivity index (χ4n) is 4.97. The van der Waals surface area contributed by atoms with Gasteiger partial charge in [0.15, 0.2) is 0 Å². The number of aromatic nitrogens is 4. The van der Waals surface area contributed by atoms with Crippen LogP contribution < -0.4 is 10.2 Å². The van der Waals surface area contributed by atoms with Crippen LogP contribution in [0.25, 0.3) is 33.2 Å². The first-order chi connectivity index (χ1) is 15.5. The highest BCUT2D eigenvalue weighted by atomic mass is 16.3. The van der Waals surface area contributed by atoms with E-state index in [1.807, 2.05) is 44.4 Å². The van der Waals surface area contributed by atoms with Gasteiger partial charge in [-0.1, -0.05) is 6.42 Å². The zero-order valence-electron chi connectivity index (χ0n) is 18.5. The zero-order valence-corrected chi connectivity index (χ0v) is 18.5. The van der Waals surface area contributed by atoms with Gasteiger partial charge >= 0.3 is 0 Å². The largest absolute Gasteiger partial charge is 0.507 e. The molecule has 0 bridgehead atoms. The molecule has 0 radical (unpaired) electrons. The third-order valence-electron chi connectivity index (χ3n) is 7.01. The summed E-state index contributed by atoms with van der Waals surface area (Å²) in [6, 6.07) is 11.3. The summed E-state index contributed by atoms with van der Waals surface area (Å²) < 4.78 is 1.77. The van der Waals surface area contributed by atoms with Gasteiger partial charge in [-0.15, -0.1) is 0 Å². The van der Waals surface area contributed by atoms with Gasteiger partial charge in [-0.05, 0) is 56.5 Å². The number of fused-ring (bicyclic) bond motifs is 2. The van der Waals surface area contributed by atoms with Crippen molar-refractivity contribution in [3.63, 3.8) is 0 Å². The number of nitrogens with zero attached hydrogens (tertiary/aromatic N) is 5. The van der Waals surface area contributed by atoms with E-state index in [1.54, 1.807) is 4.68 Å². The summed E-state index contributed by atoms with van der Waals surface area (Å²) in [5.74, 6) is 1.25. The van der Waals surface area contributed by atoms with E-state index in [4.69, 9.17) is 9.97 Å². The molecule has 3 aromatic heterocycles. The van der Waals surface area contributed by atoms with Crippen molar-refractivity contribution < 1.29 is 5.11 Å². The Hall–Kier alpha value is -3.19. The lowest BCUT2D eigenvalue weighted by Crippen LogP contribution is -2.43. The molecular weight excluding hydrogens is 400 g/mol. The Bertz CT molecular complexity index is 1330. The molecule has 2 fully saturated rings. The summed E-state index contributed by atoms with van der Waals surface area (Å²) in [7, 11) is 1.89. The molecule has 1 aromatic carbocycles. The van der Waals surface area contributed by atoms with Gasteiger partial charge in [0, 0.05) is 54.9 Å². The van der Waals surface area contributed by atoms with Crippen LogP contribution in [-0.2, 0) is 7.05 Å². The number of benzene rings is 1. The smallest absolute Gasteiger partial charge is 0.130 e. The minimum atomic E-state index is 0.231. The number of nitrogens with one attached hydrogen (secondary N) is 1. The van der Waals surface area contributed by atoms with E-state index in [0.717, 1.165) is 63.7 Å². The summed E-state index contributed by atoms with van der Waals surface area (Å²) in [5, 5.41) is 20.0. The van der Waals surface area contributed by atoms with Crippen molar-refractivity contribution in [3.8, 4) is 17.0 Å². The number of anilines is 1. The van der Waals surface area contributed by atoms with Gasteiger partial charge in [0.1, 0.15) is 11.6 Å². The van der Waals surface area contributed by atoms with E-state index >= 15 is 0 Å². The molecular formula is C25H28N6O. The summed E-state index contributed by atoms with van der Waals surface area (Å²) in [4.78, 5) is 12.1. The van der Waals surface area contributed by atoms with Crippen LogP contribution in [0.3, 0.4) is 0 Å². The Morgan fingerprint density at radius 2 is 1.84 bits per heavy atom. The summed E-state index contributed by atoms with van der Waals surface area (Å²) in [6.45, 7) is 3.94. The molecule has 1 atom stereocenters. The Morgan fingerprint density at radius 3 is 2.66 bits per heavy atom. The number of aromatic hydroxyl groups is 1. The molecule has 2 N–H and O–H groups in total. The van der Waals surface area contributed by atoms with Crippen LogP contribution in [0.5, 0.6) is 5.75 Å². The van der Waals surface area contributed by atoms with Crippen molar-refractivity contribution in [3.05, 3.63) is 42.1 Å². The van der Waals surface area contributed by atoms with Crippen molar-refractivity contribution in [2.24, 2.45) is 7.05 Å². The fraction of sp³-hybridized carbons (Fsp3) is 0.400. The van der Waals surface area contributed by atoms with Crippen LogP contribution in [0.4, 0.5) is 5.82 Å². The zero-order chi connectivity index (χ0) is 21.8. The molecule has 32 heavy (non-hydrogen) atoms. The first kappa shape index (κ1) is 19.5. The highest BCUT2D eigenvalue weighted by Crippen LogP contribution is 2.36. The lowest BCUT2D eigenvalue weighted by Gasteiger charge is -2.30. The Labute approximate surface area is 187 Å². The quantitative estimate of drug-likeness (QED) is 0.513. The second kappa shape index (κ2) is 7.45. The van der Waals surface area contributed by atoms with Crippen LogP contribution in [0, 0.1) is 6.92 Å². The SMILES string of the molecule is Cc1c(O)c(-c2ccc3nc(N4CC[C@@H](NC5CCC5)C4)ccc3n2)cc2cn(C)nc12.